The van der Waals surface area contributed by atoms with Gasteiger partial charge >= 0.3 is 0 Å². The minimum atomic E-state index is -0.427. The summed E-state index contributed by atoms with van der Waals surface area (Å²) in [6, 6.07) is 10.5. The minimum Gasteiger partial charge on any atom is -0.439 e. The summed E-state index contributed by atoms with van der Waals surface area (Å²) in [6.45, 7) is 2.06. The SMILES string of the molecule is O=C1N([C@H]2CC[C@H](O)CC2)CC[C@]12CCCN(c1ccc(Oc3ccccn3)cc1F)C2. The van der Waals surface area contributed by atoms with Gasteiger partial charge < -0.3 is 19.6 Å². The molecule has 6 nitrogen and oxygen atoms in total. The molecule has 0 unspecified atom stereocenters. The van der Waals surface area contributed by atoms with E-state index in [1.807, 2.05) is 11.0 Å². The zero-order valence-electron chi connectivity index (χ0n) is 18.3. The van der Waals surface area contributed by atoms with Crippen LogP contribution in [0.5, 0.6) is 11.6 Å². The van der Waals surface area contributed by atoms with Crippen molar-refractivity contribution < 1.29 is 19.0 Å². The molecule has 2 aromatic rings. The van der Waals surface area contributed by atoms with Gasteiger partial charge in [0.05, 0.1) is 17.2 Å². The Bertz CT molecular complexity index is 964. The highest BCUT2D eigenvalue weighted by molar-refractivity contribution is 5.86. The fourth-order valence-corrected chi connectivity index (χ4v) is 5.62. The number of amides is 1. The molecule has 1 aromatic heterocycles. The van der Waals surface area contributed by atoms with E-state index in [2.05, 4.69) is 9.88 Å². The molecule has 1 aromatic carbocycles. The molecule has 3 heterocycles. The number of rotatable bonds is 4. The molecule has 1 saturated carbocycles. The number of pyridine rings is 1. The van der Waals surface area contributed by atoms with E-state index in [4.69, 9.17) is 4.74 Å². The normalized spacial score (nSPS) is 28.4. The monoisotopic (exact) mass is 439 g/mol. The van der Waals surface area contributed by atoms with Gasteiger partial charge in [-0.05, 0) is 63.1 Å². The maximum absolute atomic E-state index is 15.1. The lowest BCUT2D eigenvalue weighted by atomic mass is 9.78. The standard InChI is InChI=1S/C25H30FN3O3/c26-21-16-20(32-23-4-1-2-13-27-23)9-10-22(21)28-14-3-11-25(17-28)12-15-29(24(25)31)18-5-7-19(30)8-6-18/h1-2,4,9-10,13,16,18-19,30H,3,5-8,11-12,14-15,17H2/t18-,19-,25-/m0/s1. The Morgan fingerprint density at radius 3 is 2.69 bits per heavy atom. The van der Waals surface area contributed by atoms with Crippen LogP contribution in [0.1, 0.15) is 44.9 Å². The smallest absolute Gasteiger partial charge is 0.230 e. The van der Waals surface area contributed by atoms with Gasteiger partial charge in [0.25, 0.3) is 0 Å². The molecule has 32 heavy (non-hydrogen) atoms. The largest absolute Gasteiger partial charge is 0.439 e. The molecular weight excluding hydrogens is 409 g/mol. The number of likely N-dealkylation sites (tertiary alicyclic amines) is 1. The maximum atomic E-state index is 15.1. The first-order valence-electron chi connectivity index (χ1n) is 11.7. The van der Waals surface area contributed by atoms with Crippen molar-refractivity contribution in [2.45, 2.75) is 57.1 Å². The number of nitrogens with zero attached hydrogens (tertiary/aromatic N) is 3. The molecule has 0 radical (unpaired) electrons. The quantitative estimate of drug-likeness (QED) is 0.776. The molecular formula is C25H30FN3O3. The summed E-state index contributed by atoms with van der Waals surface area (Å²) in [5, 5.41) is 9.81. The van der Waals surface area contributed by atoms with Gasteiger partial charge in [-0.25, -0.2) is 9.37 Å². The number of hydrogen-bond donors (Lipinski definition) is 1. The molecule has 0 bridgehead atoms. The van der Waals surface area contributed by atoms with Gasteiger partial charge in [0.15, 0.2) is 0 Å². The van der Waals surface area contributed by atoms with Gasteiger partial charge in [-0.3, -0.25) is 4.79 Å². The van der Waals surface area contributed by atoms with Gasteiger partial charge in [0.1, 0.15) is 11.6 Å². The van der Waals surface area contributed by atoms with Crippen LogP contribution >= 0.6 is 0 Å². The number of halogens is 1. The highest BCUT2D eigenvalue weighted by atomic mass is 19.1. The van der Waals surface area contributed by atoms with Crippen LogP contribution in [0.15, 0.2) is 42.6 Å². The predicted molar refractivity (Wildman–Crippen MR) is 119 cm³/mol. The Kier molecular flexibility index (Phi) is 5.76. The van der Waals surface area contributed by atoms with Crippen LogP contribution in [0, 0.1) is 11.2 Å². The summed E-state index contributed by atoms with van der Waals surface area (Å²) < 4.78 is 20.7. The number of hydrogen-bond acceptors (Lipinski definition) is 5. The fraction of sp³-hybridized carbons (Fsp3) is 0.520. The Balaban J connectivity index is 1.29. The van der Waals surface area contributed by atoms with Crippen molar-refractivity contribution >= 4 is 11.6 Å². The molecule has 170 valence electrons. The molecule has 1 aliphatic carbocycles. The second-order valence-electron chi connectivity index (χ2n) is 9.40. The van der Waals surface area contributed by atoms with Crippen molar-refractivity contribution in [2.75, 3.05) is 24.5 Å². The van der Waals surface area contributed by atoms with Crippen LogP contribution in [0.3, 0.4) is 0 Å². The third kappa shape index (κ3) is 4.06. The number of carbonyl (C=O) groups excluding carboxylic acids is 1. The average molecular weight is 440 g/mol. The first-order valence-corrected chi connectivity index (χ1v) is 11.7. The molecule has 1 amide bonds. The number of carbonyl (C=O) groups is 1. The number of piperidine rings is 1. The highest BCUT2D eigenvalue weighted by Gasteiger charge is 2.50. The molecule has 5 rings (SSSR count). The zero-order valence-corrected chi connectivity index (χ0v) is 18.3. The number of benzene rings is 1. The number of aliphatic hydroxyl groups is 1. The summed E-state index contributed by atoms with van der Waals surface area (Å²) >= 11 is 0. The summed E-state index contributed by atoms with van der Waals surface area (Å²) in [7, 11) is 0. The van der Waals surface area contributed by atoms with Gasteiger partial charge in [0.2, 0.25) is 11.8 Å². The lowest BCUT2D eigenvalue weighted by Gasteiger charge is -2.41. The van der Waals surface area contributed by atoms with Crippen LogP contribution in [0.2, 0.25) is 0 Å². The molecule has 3 fully saturated rings. The van der Waals surface area contributed by atoms with Gasteiger partial charge in [0, 0.05) is 44.0 Å². The maximum Gasteiger partial charge on any atom is 0.230 e. The van der Waals surface area contributed by atoms with Crippen LogP contribution in [0.4, 0.5) is 10.1 Å². The van der Waals surface area contributed by atoms with E-state index >= 15 is 4.39 Å². The molecule has 2 saturated heterocycles. The Morgan fingerprint density at radius 2 is 1.94 bits per heavy atom. The number of aromatic nitrogens is 1. The number of anilines is 1. The summed E-state index contributed by atoms with van der Waals surface area (Å²) in [6.07, 6.45) is 7.24. The topological polar surface area (TPSA) is 65.9 Å². The lowest BCUT2D eigenvalue weighted by molar-refractivity contribution is -0.139. The van der Waals surface area contributed by atoms with E-state index in [-0.39, 0.29) is 23.9 Å². The molecule has 1 spiro atoms. The van der Waals surface area contributed by atoms with Crippen molar-refractivity contribution in [3.8, 4) is 11.6 Å². The molecule has 2 aliphatic heterocycles. The Labute approximate surface area is 188 Å². The molecule has 1 atom stereocenters. The van der Waals surface area contributed by atoms with Crippen LogP contribution in [0.25, 0.3) is 0 Å². The van der Waals surface area contributed by atoms with Crippen molar-refractivity contribution in [3.05, 3.63) is 48.4 Å². The van der Waals surface area contributed by atoms with Crippen molar-refractivity contribution in [1.29, 1.82) is 0 Å². The van der Waals surface area contributed by atoms with Crippen molar-refractivity contribution in [2.24, 2.45) is 5.41 Å². The van der Waals surface area contributed by atoms with Crippen LogP contribution in [-0.2, 0) is 4.79 Å². The van der Waals surface area contributed by atoms with E-state index in [0.717, 1.165) is 58.0 Å². The molecule has 7 heteroatoms. The van der Waals surface area contributed by atoms with Gasteiger partial charge in [-0.15, -0.1) is 0 Å². The Hall–Kier alpha value is -2.67. The second-order valence-corrected chi connectivity index (χ2v) is 9.40. The summed E-state index contributed by atoms with van der Waals surface area (Å²) in [5.41, 5.74) is 0.0913. The molecule has 3 aliphatic rings. The van der Waals surface area contributed by atoms with Crippen LogP contribution in [-0.4, -0.2) is 52.7 Å². The third-order valence-electron chi connectivity index (χ3n) is 7.35. The highest BCUT2D eigenvalue weighted by Crippen LogP contribution is 2.44. The van der Waals surface area contributed by atoms with E-state index < -0.39 is 5.41 Å². The van der Waals surface area contributed by atoms with Gasteiger partial charge in [-0.2, -0.15) is 0 Å². The Morgan fingerprint density at radius 1 is 1.09 bits per heavy atom. The number of ether oxygens (including phenoxy) is 1. The third-order valence-corrected chi connectivity index (χ3v) is 7.35. The summed E-state index contributed by atoms with van der Waals surface area (Å²) in [4.78, 5) is 21.7. The van der Waals surface area contributed by atoms with Crippen molar-refractivity contribution in [1.82, 2.24) is 9.88 Å². The van der Waals surface area contributed by atoms with E-state index in [1.165, 1.54) is 6.07 Å². The zero-order chi connectivity index (χ0) is 22.1. The van der Waals surface area contributed by atoms with E-state index in [0.29, 0.717) is 23.9 Å². The fourth-order valence-electron chi connectivity index (χ4n) is 5.62. The minimum absolute atomic E-state index is 0.221. The predicted octanol–water partition coefficient (Wildman–Crippen LogP) is 4.14. The lowest BCUT2D eigenvalue weighted by Crippen LogP contribution is -2.50. The molecule has 1 N–H and O–H groups in total. The summed E-state index contributed by atoms with van der Waals surface area (Å²) in [5.74, 6) is 0.695. The van der Waals surface area contributed by atoms with E-state index in [9.17, 15) is 9.90 Å². The number of aliphatic hydroxyl groups excluding tert-OH is 1. The van der Waals surface area contributed by atoms with E-state index in [1.54, 1.807) is 30.5 Å². The van der Waals surface area contributed by atoms with Crippen LogP contribution < -0.4 is 9.64 Å². The first-order chi connectivity index (χ1) is 15.5. The average Bonchev–Trinajstić information content (AvgIpc) is 3.10. The van der Waals surface area contributed by atoms with Crippen molar-refractivity contribution in [3.63, 3.8) is 0 Å². The second kappa shape index (κ2) is 8.70. The first kappa shape index (κ1) is 21.2. The van der Waals surface area contributed by atoms with Gasteiger partial charge in [-0.1, -0.05) is 6.07 Å².